The molecule has 1 atom stereocenters. The smallest absolute Gasteiger partial charge is 0.128 e. The van der Waals surface area contributed by atoms with E-state index in [2.05, 4.69) is 6.58 Å². The van der Waals surface area contributed by atoms with Crippen LogP contribution in [0.5, 0.6) is 5.75 Å². The van der Waals surface area contributed by atoms with Crippen LogP contribution in [0.25, 0.3) is 0 Å². The first-order chi connectivity index (χ1) is 7.50. The van der Waals surface area contributed by atoms with Gasteiger partial charge in [-0.25, -0.2) is 4.39 Å². The Morgan fingerprint density at radius 2 is 2.25 bits per heavy atom. The number of halogens is 1. The van der Waals surface area contributed by atoms with Crippen molar-refractivity contribution in [2.75, 3.05) is 6.61 Å². The van der Waals surface area contributed by atoms with Crippen molar-refractivity contribution in [3.05, 3.63) is 41.7 Å². The predicted octanol–water partition coefficient (Wildman–Crippen LogP) is 3.22. The van der Waals surface area contributed by atoms with Gasteiger partial charge in [-0.1, -0.05) is 5.57 Å². The highest BCUT2D eigenvalue weighted by Gasteiger charge is 2.10. The summed E-state index contributed by atoms with van der Waals surface area (Å²) in [5.41, 5.74) is 1.61. The van der Waals surface area contributed by atoms with Gasteiger partial charge in [0.05, 0.1) is 12.7 Å². The molecule has 0 amide bonds. The van der Waals surface area contributed by atoms with E-state index in [9.17, 15) is 9.50 Å². The molecule has 1 aromatic carbocycles. The summed E-state index contributed by atoms with van der Waals surface area (Å²) in [7, 11) is 0. The second kappa shape index (κ2) is 5.66. The summed E-state index contributed by atoms with van der Waals surface area (Å²) in [5.74, 6) is 0.0333. The van der Waals surface area contributed by atoms with Crippen molar-refractivity contribution in [3.63, 3.8) is 0 Å². The molecule has 2 nitrogen and oxygen atoms in total. The van der Waals surface area contributed by atoms with Crippen molar-refractivity contribution in [2.45, 2.75) is 26.4 Å². The van der Waals surface area contributed by atoms with E-state index in [1.165, 1.54) is 18.2 Å². The summed E-state index contributed by atoms with van der Waals surface area (Å²) in [4.78, 5) is 0. The highest BCUT2D eigenvalue weighted by molar-refractivity contribution is 5.35. The molecule has 16 heavy (non-hydrogen) atoms. The van der Waals surface area contributed by atoms with Gasteiger partial charge in [-0.15, -0.1) is 6.58 Å². The molecule has 3 heteroatoms. The van der Waals surface area contributed by atoms with Gasteiger partial charge in [0.25, 0.3) is 0 Å². The van der Waals surface area contributed by atoms with Crippen molar-refractivity contribution in [1.29, 1.82) is 0 Å². The van der Waals surface area contributed by atoms with Gasteiger partial charge in [0, 0.05) is 18.1 Å². The van der Waals surface area contributed by atoms with Crippen molar-refractivity contribution >= 4 is 0 Å². The Bertz CT molecular complexity index is 372. The van der Waals surface area contributed by atoms with Gasteiger partial charge >= 0.3 is 0 Å². The van der Waals surface area contributed by atoms with Crippen LogP contribution in [-0.2, 0) is 0 Å². The maximum Gasteiger partial charge on any atom is 0.128 e. The third kappa shape index (κ3) is 3.66. The SMILES string of the molecule is C=C(C)CCOc1cc(F)ccc1C(C)O. The molecule has 0 fully saturated rings. The molecule has 88 valence electrons. The maximum atomic E-state index is 13.0. The van der Waals surface area contributed by atoms with E-state index in [4.69, 9.17) is 4.74 Å². The summed E-state index contributed by atoms with van der Waals surface area (Å²) >= 11 is 0. The third-order valence-corrected chi connectivity index (χ3v) is 2.21. The summed E-state index contributed by atoms with van der Waals surface area (Å²) in [6.45, 7) is 7.73. The van der Waals surface area contributed by atoms with Gasteiger partial charge < -0.3 is 9.84 Å². The van der Waals surface area contributed by atoms with Crippen molar-refractivity contribution in [1.82, 2.24) is 0 Å². The molecule has 1 N–H and O–H groups in total. The summed E-state index contributed by atoms with van der Waals surface area (Å²) < 4.78 is 18.4. The number of aliphatic hydroxyl groups is 1. The van der Waals surface area contributed by atoms with Crippen LogP contribution < -0.4 is 4.74 Å². The highest BCUT2D eigenvalue weighted by atomic mass is 19.1. The normalized spacial score (nSPS) is 12.2. The van der Waals surface area contributed by atoms with Crippen LogP contribution in [-0.4, -0.2) is 11.7 Å². The van der Waals surface area contributed by atoms with Gasteiger partial charge in [-0.3, -0.25) is 0 Å². The van der Waals surface area contributed by atoms with E-state index < -0.39 is 6.10 Å². The number of hydrogen-bond acceptors (Lipinski definition) is 2. The molecule has 0 heterocycles. The van der Waals surface area contributed by atoms with Crippen molar-refractivity contribution < 1.29 is 14.2 Å². The van der Waals surface area contributed by atoms with E-state index in [1.807, 2.05) is 6.92 Å². The molecule has 0 aliphatic rings. The van der Waals surface area contributed by atoms with Gasteiger partial charge in [-0.2, -0.15) is 0 Å². The number of benzene rings is 1. The number of ether oxygens (including phenoxy) is 1. The lowest BCUT2D eigenvalue weighted by Crippen LogP contribution is -2.03. The van der Waals surface area contributed by atoms with Crippen LogP contribution in [0.4, 0.5) is 4.39 Å². The maximum absolute atomic E-state index is 13.0. The molecule has 1 rings (SSSR count). The molecule has 0 aliphatic heterocycles. The Balaban J connectivity index is 2.76. The third-order valence-electron chi connectivity index (χ3n) is 2.21. The fourth-order valence-electron chi connectivity index (χ4n) is 1.31. The van der Waals surface area contributed by atoms with E-state index in [-0.39, 0.29) is 5.82 Å². The second-order valence-corrected chi connectivity index (χ2v) is 3.91. The van der Waals surface area contributed by atoms with Crippen LogP contribution >= 0.6 is 0 Å². The van der Waals surface area contributed by atoms with E-state index >= 15 is 0 Å². The first kappa shape index (κ1) is 12.7. The molecule has 0 aliphatic carbocycles. The standard InChI is InChI=1S/C13H17FO2/c1-9(2)6-7-16-13-8-11(14)4-5-12(13)10(3)15/h4-5,8,10,15H,1,6-7H2,2-3H3. The van der Waals surface area contributed by atoms with E-state index in [1.54, 1.807) is 6.92 Å². The molecule has 0 bridgehead atoms. The minimum atomic E-state index is -0.666. The summed E-state index contributed by atoms with van der Waals surface area (Å²) in [6, 6.07) is 4.14. The number of aliphatic hydroxyl groups excluding tert-OH is 1. The Morgan fingerprint density at radius 3 is 2.81 bits per heavy atom. The molecule has 0 spiro atoms. The van der Waals surface area contributed by atoms with E-state index in [0.29, 0.717) is 17.9 Å². The molecular weight excluding hydrogens is 207 g/mol. The Hall–Kier alpha value is -1.35. The van der Waals surface area contributed by atoms with E-state index in [0.717, 1.165) is 12.0 Å². The van der Waals surface area contributed by atoms with Crippen LogP contribution in [0.15, 0.2) is 30.4 Å². The highest BCUT2D eigenvalue weighted by Crippen LogP contribution is 2.26. The fraction of sp³-hybridized carbons (Fsp3) is 0.385. The molecule has 0 saturated heterocycles. The van der Waals surface area contributed by atoms with Crippen LogP contribution in [0.1, 0.15) is 31.9 Å². The number of rotatable bonds is 5. The predicted molar refractivity (Wildman–Crippen MR) is 62.0 cm³/mol. The minimum absolute atomic E-state index is 0.366. The quantitative estimate of drug-likeness (QED) is 0.778. The van der Waals surface area contributed by atoms with Gasteiger partial charge in [-0.05, 0) is 26.0 Å². The summed E-state index contributed by atoms with van der Waals surface area (Å²) in [5, 5.41) is 9.48. The molecular formula is C13H17FO2. The Kier molecular flexibility index (Phi) is 4.50. The Labute approximate surface area is 95.4 Å². The van der Waals surface area contributed by atoms with Crippen molar-refractivity contribution in [2.24, 2.45) is 0 Å². The fourth-order valence-corrected chi connectivity index (χ4v) is 1.31. The molecule has 0 radical (unpaired) electrons. The van der Waals surface area contributed by atoms with Gasteiger partial charge in [0.1, 0.15) is 11.6 Å². The monoisotopic (exact) mass is 224 g/mol. The molecule has 1 unspecified atom stereocenters. The molecule has 1 aromatic rings. The second-order valence-electron chi connectivity index (χ2n) is 3.91. The van der Waals surface area contributed by atoms with Gasteiger partial charge in [0.15, 0.2) is 0 Å². The lowest BCUT2D eigenvalue weighted by molar-refractivity contribution is 0.191. The first-order valence-corrected chi connectivity index (χ1v) is 5.25. The average molecular weight is 224 g/mol. The molecule has 0 saturated carbocycles. The van der Waals surface area contributed by atoms with Crippen molar-refractivity contribution in [3.8, 4) is 5.75 Å². The van der Waals surface area contributed by atoms with Crippen LogP contribution in [0, 0.1) is 5.82 Å². The zero-order valence-corrected chi connectivity index (χ0v) is 9.66. The zero-order valence-electron chi connectivity index (χ0n) is 9.66. The lowest BCUT2D eigenvalue weighted by Gasteiger charge is -2.13. The number of hydrogen-bond donors (Lipinski definition) is 1. The average Bonchev–Trinajstić information content (AvgIpc) is 2.16. The largest absolute Gasteiger partial charge is 0.493 e. The Morgan fingerprint density at radius 1 is 1.56 bits per heavy atom. The van der Waals surface area contributed by atoms with Crippen LogP contribution in [0.3, 0.4) is 0 Å². The first-order valence-electron chi connectivity index (χ1n) is 5.25. The zero-order chi connectivity index (χ0) is 12.1. The lowest BCUT2D eigenvalue weighted by atomic mass is 10.1. The summed E-state index contributed by atoms with van der Waals surface area (Å²) in [6.07, 6.45) is 0.0517. The topological polar surface area (TPSA) is 29.5 Å². The molecule has 0 aromatic heterocycles. The van der Waals surface area contributed by atoms with Crippen LogP contribution in [0.2, 0.25) is 0 Å². The van der Waals surface area contributed by atoms with Gasteiger partial charge in [0.2, 0.25) is 0 Å². The minimum Gasteiger partial charge on any atom is -0.493 e.